The van der Waals surface area contributed by atoms with Crippen molar-refractivity contribution in [2.45, 2.75) is 26.4 Å². The quantitative estimate of drug-likeness (QED) is 0.754. The number of nitrogens with zero attached hydrogens (tertiary/aromatic N) is 2. The summed E-state index contributed by atoms with van der Waals surface area (Å²) in [6, 6.07) is 10.6. The Balaban J connectivity index is 1.94. The van der Waals surface area contributed by atoms with Crippen LogP contribution in [0.2, 0.25) is 0 Å². The number of pyridine rings is 1. The number of hydrogen-bond acceptors (Lipinski definition) is 3. The van der Waals surface area contributed by atoms with E-state index in [0.717, 1.165) is 39.1 Å². The second-order valence-corrected chi connectivity index (χ2v) is 6.16. The summed E-state index contributed by atoms with van der Waals surface area (Å²) in [5.74, 6) is 0.785. The summed E-state index contributed by atoms with van der Waals surface area (Å²) < 4.78 is 0.943. The highest BCUT2D eigenvalue weighted by molar-refractivity contribution is 9.10. The molecule has 0 amide bonds. The zero-order valence-electron chi connectivity index (χ0n) is 12.0. The summed E-state index contributed by atoms with van der Waals surface area (Å²) in [5, 5.41) is 4.48. The standard InChI is InChI=1S/C16H17BrN4/c1-10(2)18-8-12-9-19-16(20-12)15-13(17)7-11-5-3-4-6-14(11)21-15/h3-7,9-10,18H,8H2,1-2H3,(H,19,20). The Morgan fingerprint density at radius 2 is 2.10 bits per heavy atom. The number of aromatic nitrogens is 3. The fourth-order valence-corrected chi connectivity index (χ4v) is 2.66. The molecular weight excluding hydrogens is 328 g/mol. The van der Waals surface area contributed by atoms with Crippen LogP contribution < -0.4 is 5.32 Å². The van der Waals surface area contributed by atoms with Gasteiger partial charge in [-0.1, -0.05) is 32.0 Å². The minimum absolute atomic E-state index is 0.447. The van der Waals surface area contributed by atoms with Gasteiger partial charge >= 0.3 is 0 Å². The molecule has 0 bridgehead atoms. The normalized spacial score (nSPS) is 11.4. The van der Waals surface area contributed by atoms with E-state index < -0.39 is 0 Å². The van der Waals surface area contributed by atoms with Gasteiger partial charge in [-0.2, -0.15) is 0 Å². The highest BCUT2D eigenvalue weighted by Gasteiger charge is 2.11. The molecule has 0 radical (unpaired) electrons. The summed E-state index contributed by atoms with van der Waals surface area (Å²) in [6.07, 6.45) is 1.86. The monoisotopic (exact) mass is 344 g/mol. The third-order valence-corrected chi connectivity index (χ3v) is 3.84. The van der Waals surface area contributed by atoms with E-state index >= 15 is 0 Å². The van der Waals surface area contributed by atoms with Gasteiger partial charge in [0.25, 0.3) is 0 Å². The van der Waals surface area contributed by atoms with Crippen LogP contribution in [-0.2, 0) is 6.54 Å². The molecule has 2 heterocycles. The van der Waals surface area contributed by atoms with E-state index in [1.54, 1.807) is 0 Å². The van der Waals surface area contributed by atoms with Crippen LogP contribution in [0.15, 0.2) is 41.0 Å². The lowest BCUT2D eigenvalue weighted by Gasteiger charge is -2.06. The van der Waals surface area contributed by atoms with Gasteiger partial charge in [-0.15, -0.1) is 0 Å². The van der Waals surface area contributed by atoms with Crippen molar-refractivity contribution >= 4 is 26.8 Å². The van der Waals surface area contributed by atoms with Crippen molar-refractivity contribution in [2.24, 2.45) is 0 Å². The minimum atomic E-state index is 0.447. The summed E-state index contributed by atoms with van der Waals surface area (Å²) in [6.45, 7) is 5.02. The van der Waals surface area contributed by atoms with E-state index in [1.165, 1.54) is 0 Å². The molecular formula is C16H17BrN4. The van der Waals surface area contributed by atoms with Gasteiger partial charge in [0, 0.05) is 28.1 Å². The van der Waals surface area contributed by atoms with Crippen molar-refractivity contribution in [3.63, 3.8) is 0 Å². The van der Waals surface area contributed by atoms with Crippen LogP contribution in [0, 0.1) is 0 Å². The predicted molar refractivity (Wildman–Crippen MR) is 89.0 cm³/mol. The number of hydrogen-bond donors (Lipinski definition) is 2. The van der Waals surface area contributed by atoms with Crippen LogP contribution in [0.25, 0.3) is 22.4 Å². The molecule has 0 aliphatic rings. The summed E-state index contributed by atoms with van der Waals surface area (Å²) in [5.41, 5.74) is 2.86. The lowest BCUT2D eigenvalue weighted by molar-refractivity contribution is 0.583. The van der Waals surface area contributed by atoms with E-state index in [1.807, 2.05) is 24.4 Å². The Labute approximate surface area is 132 Å². The molecule has 0 saturated heterocycles. The van der Waals surface area contributed by atoms with Gasteiger partial charge in [-0.3, -0.25) is 0 Å². The Hall–Kier alpha value is -1.72. The van der Waals surface area contributed by atoms with Gasteiger partial charge in [-0.25, -0.2) is 9.97 Å². The van der Waals surface area contributed by atoms with Crippen LogP contribution >= 0.6 is 15.9 Å². The highest BCUT2D eigenvalue weighted by Crippen LogP contribution is 2.27. The van der Waals surface area contributed by atoms with Gasteiger partial charge in [0.1, 0.15) is 5.69 Å². The maximum absolute atomic E-state index is 4.69. The first-order chi connectivity index (χ1) is 10.1. The number of para-hydroxylation sites is 1. The fraction of sp³-hybridized carbons (Fsp3) is 0.250. The van der Waals surface area contributed by atoms with Crippen LogP contribution in [0.3, 0.4) is 0 Å². The topological polar surface area (TPSA) is 53.6 Å². The lowest BCUT2D eigenvalue weighted by Crippen LogP contribution is -2.21. The molecule has 0 spiro atoms. The average Bonchev–Trinajstić information content (AvgIpc) is 2.93. The molecule has 2 aromatic heterocycles. The number of nitrogens with one attached hydrogen (secondary N) is 2. The fourth-order valence-electron chi connectivity index (χ4n) is 2.14. The molecule has 0 saturated carbocycles. The average molecular weight is 345 g/mol. The zero-order chi connectivity index (χ0) is 14.8. The molecule has 0 fully saturated rings. The molecule has 0 atom stereocenters. The maximum Gasteiger partial charge on any atom is 0.157 e. The molecule has 4 nitrogen and oxygen atoms in total. The first kappa shape index (κ1) is 14.2. The molecule has 0 aliphatic heterocycles. The molecule has 1 aromatic carbocycles. The van der Waals surface area contributed by atoms with E-state index in [9.17, 15) is 0 Å². The number of imidazole rings is 1. The number of aromatic amines is 1. The molecule has 2 N–H and O–H groups in total. The van der Waals surface area contributed by atoms with E-state index in [4.69, 9.17) is 4.98 Å². The van der Waals surface area contributed by atoms with Crippen molar-refractivity contribution < 1.29 is 0 Å². The Kier molecular flexibility index (Phi) is 4.03. The second-order valence-electron chi connectivity index (χ2n) is 5.30. The van der Waals surface area contributed by atoms with Gasteiger partial charge in [-0.05, 0) is 28.1 Å². The highest BCUT2D eigenvalue weighted by atomic mass is 79.9. The van der Waals surface area contributed by atoms with Gasteiger partial charge in [0.2, 0.25) is 0 Å². The zero-order valence-corrected chi connectivity index (χ0v) is 13.6. The van der Waals surface area contributed by atoms with Gasteiger partial charge < -0.3 is 10.3 Å². The predicted octanol–water partition coefficient (Wildman–Crippen LogP) is 3.89. The van der Waals surface area contributed by atoms with E-state index in [-0.39, 0.29) is 0 Å². The van der Waals surface area contributed by atoms with E-state index in [0.29, 0.717) is 6.04 Å². The first-order valence-electron chi connectivity index (χ1n) is 6.96. The molecule has 5 heteroatoms. The van der Waals surface area contributed by atoms with Crippen LogP contribution in [0.4, 0.5) is 0 Å². The summed E-state index contributed by atoms with van der Waals surface area (Å²) in [7, 11) is 0. The summed E-state index contributed by atoms with van der Waals surface area (Å²) >= 11 is 3.59. The van der Waals surface area contributed by atoms with Gasteiger partial charge in [0.15, 0.2) is 5.82 Å². The van der Waals surface area contributed by atoms with Crippen LogP contribution in [-0.4, -0.2) is 21.0 Å². The van der Waals surface area contributed by atoms with Crippen molar-refractivity contribution in [3.05, 3.63) is 46.7 Å². The van der Waals surface area contributed by atoms with E-state index in [2.05, 4.69) is 57.2 Å². The molecule has 21 heavy (non-hydrogen) atoms. The van der Waals surface area contributed by atoms with Crippen LogP contribution in [0.1, 0.15) is 19.5 Å². The van der Waals surface area contributed by atoms with Crippen molar-refractivity contribution in [2.75, 3.05) is 0 Å². The van der Waals surface area contributed by atoms with Crippen molar-refractivity contribution in [1.29, 1.82) is 0 Å². The molecule has 0 aliphatic carbocycles. The van der Waals surface area contributed by atoms with Crippen LogP contribution in [0.5, 0.6) is 0 Å². The number of rotatable bonds is 4. The van der Waals surface area contributed by atoms with Crippen molar-refractivity contribution in [3.8, 4) is 11.5 Å². The SMILES string of the molecule is CC(C)NCc1cnc(-c2nc3ccccc3cc2Br)[nH]1. The molecule has 0 unspecified atom stereocenters. The smallest absolute Gasteiger partial charge is 0.157 e. The number of fused-ring (bicyclic) bond motifs is 1. The third kappa shape index (κ3) is 3.14. The van der Waals surface area contributed by atoms with Crippen molar-refractivity contribution in [1.82, 2.24) is 20.3 Å². The third-order valence-electron chi connectivity index (χ3n) is 3.23. The lowest BCUT2D eigenvalue weighted by atomic mass is 10.2. The minimum Gasteiger partial charge on any atom is -0.339 e. The number of halogens is 1. The molecule has 3 rings (SSSR count). The molecule has 108 valence electrons. The second kappa shape index (κ2) is 5.95. The Morgan fingerprint density at radius 3 is 2.90 bits per heavy atom. The number of H-pyrrole nitrogens is 1. The number of benzene rings is 1. The summed E-state index contributed by atoms with van der Waals surface area (Å²) in [4.78, 5) is 12.5. The Morgan fingerprint density at radius 1 is 1.29 bits per heavy atom. The van der Waals surface area contributed by atoms with Gasteiger partial charge in [0.05, 0.1) is 11.7 Å². The maximum atomic E-state index is 4.69. The largest absolute Gasteiger partial charge is 0.339 e. The Bertz CT molecular complexity index is 764. The molecule has 3 aromatic rings. The first-order valence-corrected chi connectivity index (χ1v) is 7.75.